The van der Waals surface area contributed by atoms with E-state index in [2.05, 4.69) is 20.2 Å². The average molecular weight is 472 g/mol. The molecule has 0 bridgehead atoms. The first-order valence-corrected chi connectivity index (χ1v) is 11.0. The highest BCUT2D eigenvalue weighted by atomic mass is 19.4. The van der Waals surface area contributed by atoms with Crippen molar-refractivity contribution in [2.45, 2.75) is 38.9 Å². The normalized spacial score (nSPS) is 21.8. The highest BCUT2D eigenvalue weighted by molar-refractivity contribution is 5.96. The fraction of sp³-hybridized carbons (Fsp3) is 0.435. The van der Waals surface area contributed by atoms with E-state index in [4.69, 9.17) is 4.74 Å². The molecule has 1 saturated carbocycles. The maximum atomic E-state index is 13.7. The number of piperidine rings is 1. The first-order chi connectivity index (χ1) is 16.2. The maximum Gasteiger partial charge on any atom is 0.417 e. The predicted octanol–water partition coefficient (Wildman–Crippen LogP) is 3.62. The third-order valence-electron chi connectivity index (χ3n) is 6.30. The molecule has 178 valence electrons. The van der Waals surface area contributed by atoms with Crippen molar-refractivity contribution in [3.05, 3.63) is 59.3 Å². The summed E-state index contributed by atoms with van der Waals surface area (Å²) in [7, 11) is 0. The van der Waals surface area contributed by atoms with Gasteiger partial charge in [-0.15, -0.1) is 4.80 Å². The van der Waals surface area contributed by atoms with Crippen LogP contribution in [0.2, 0.25) is 0 Å². The largest absolute Gasteiger partial charge is 0.475 e. The quantitative estimate of drug-likeness (QED) is 0.564. The number of fused-ring (bicyclic) bond motifs is 1. The Balaban J connectivity index is 1.37. The molecule has 0 spiro atoms. The monoisotopic (exact) mass is 472 g/mol. The van der Waals surface area contributed by atoms with E-state index in [1.165, 1.54) is 10.9 Å². The highest BCUT2D eigenvalue weighted by Gasteiger charge is 2.48. The van der Waals surface area contributed by atoms with Crippen LogP contribution in [-0.2, 0) is 6.18 Å². The summed E-state index contributed by atoms with van der Waals surface area (Å²) < 4.78 is 44.1. The maximum absolute atomic E-state index is 13.7. The van der Waals surface area contributed by atoms with E-state index in [1.54, 1.807) is 23.2 Å². The van der Waals surface area contributed by atoms with Gasteiger partial charge in [0.2, 0.25) is 5.88 Å². The number of aryl methyl sites for hydroxylation is 2. The van der Waals surface area contributed by atoms with Crippen LogP contribution in [0.4, 0.5) is 13.2 Å². The number of hydrogen-bond donors (Lipinski definition) is 0. The number of likely N-dealkylation sites (tertiary alicyclic amines) is 1. The molecule has 3 atom stereocenters. The summed E-state index contributed by atoms with van der Waals surface area (Å²) in [6, 6.07) is 5.46. The number of ether oxygens (including phenoxy) is 1. The Kier molecular flexibility index (Phi) is 5.49. The fourth-order valence-electron chi connectivity index (χ4n) is 4.38. The second-order valence-corrected chi connectivity index (χ2v) is 8.89. The first-order valence-electron chi connectivity index (χ1n) is 11.0. The van der Waals surface area contributed by atoms with Crippen molar-refractivity contribution in [3.63, 3.8) is 0 Å². The van der Waals surface area contributed by atoms with Crippen LogP contribution < -0.4 is 4.74 Å². The van der Waals surface area contributed by atoms with E-state index in [0.29, 0.717) is 35.5 Å². The Labute approximate surface area is 193 Å². The Morgan fingerprint density at radius 2 is 1.91 bits per heavy atom. The number of carbonyl (C=O) groups excluding carboxylic acids is 1. The molecule has 8 nitrogen and oxygen atoms in total. The van der Waals surface area contributed by atoms with Crippen molar-refractivity contribution in [1.82, 2.24) is 29.9 Å². The van der Waals surface area contributed by atoms with Gasteiger partial charge in [0, 0.05) is 24.5 Å². The van der Waals surface area contributed by atoms with E-state index in [1.807, 2.05) is 13.8 Å². The number of aromatic nitrogens is 5. The van der Waals surface area contributed by atoms with E-state index in [9.17, 15) is 18.0 Å². The summed E-state index contributed by atoms with van der Waals surface area (Å²) in [6.45, 7) is 4.34. The number of pyridine rings is 2. The number of halogens is 3. The molecule has 1 amide bonds. The van der Waals surface area contributed by atoms with Crippen LogP contribution in [0.5, 0.6) is 5.88 Å². The number of alkyl halides is 3. The minimum absolute atomic E-state index is 0.0869. The van der Waals surface area contributed by atoms with Gasteiger partial charge in [-0.2, -0.15) is 23.4 Å². The van der Waals surface area contributed by atoms with Crippen molar-refractivity contribution in [3.8, 4) is 11.6 Å². The third-order valence-corrected chi connectivity index (χ3v) is 6.30. The molecule has 1 aliphatic heterocycles. The number of carbonyl (C=O) groups is 1. The number of rotatable bonds is 5. The molecule has 0 radical (unpaired) electrons. The summed E-state index contributed by atoms with van der Waals surface area (Å²) in [6.07, 6.45) is -0.292. The lowest BCUT2D eigenvalue weighted by Crippen LogP contribution is -2.48. The van der Waals surface area contributed by atoms with E-state index in [-0.39, 0.29) is 30.1 Å². The molecule has 2 fully saturated rings. The standard InChI is InChI=1S/C23H23F3N6O2/c1-13-3-5-19(32-28-9-14(2)30-32)21(29-13)22(33)31-11-16-7-15(16)8-18(31)12-34-20-6-4-17(10-27-20)23(24,25)26/h3-6,9-10,15-16,18H,7-8,11-12H2,1-2H3/t15?,16?,18-/m0/s1. The molecule has 2 unspecified atom stereocenters. The van der Waals surface area contributed by atoms with Crippen molar-refractivity contribution in [2.24, 2.45) is 11.8 Å². The van der Waals surface area contributed by atoms with Gasteiger partial charge < -0.3 is 9.64 Å². The highest BCUT2D eigenvalue weighted by Crippen LogP contribution is 2.47. The second kappa shape index (κ2) is 8.37. The van der Waals surface area contributed by atoms with Gasteiger partial charge in [-0.05, 0) is 56.7 Å². The fourth-order valence-corrected chi connectivity index (χ4v) is 4.38. The molecule has 2 aliphatic rings. The van der Waals surface area contributed by atoms with Gasteiger partial charge in [0.25, 0.3) is 5.91 Å². The molecule has 3 aromatic rings. The summed E-state index contributed by atoms with van der Waals surface area (Å²) in [5, 5.41) is 8.55. The molecule has 0 N–H and O–H groups in total. The van der Waals surface area contributed by atoms with Gasteiger partial charge in [0.1, 0.15) is 12.3 Å². The van der Waals surface area contributed by atoms with Gasteiger partial charge in [0.15, 0.2) is 5.69 Å². The molecule has 3 aromatic heterocycles. The van der Waals surface area contributed by atoms with Crippen LogP contribution in [0.15, 0.2) is 36.7 Å². The van der Waals surface area contributed by atoms with Crippen LogP contribution >= 0.6 is 0 Å². The van der Waals surface area contributed by atoms with Crippen LogP contribution in [0, 0.1) is 25.7 Å². The number of amides is 1. The molecule has 0 aromatic carbocycles. The molecular weight excluding hydrogens is 449 g/mol. The molecule has 4 heterocycles. The molecule has 1 saturated heterocycles. The third kappa shape index (κ3) is 4.46. The van der Waals surface area contributed by atoms with Gasteiger partial charge in [0.05, 0.1) is 23.5 Å². The summed E-state index contributed by atoms with van der Waals surface area (Å²) >= 11 is 0. The number of hydrogen-bond acceptors (Lipinski definition) is 6. The lowest BCUT2D eigenvalue weighted by atomic mass is 10.0. The second-order valence-electron chi connectivity index (χ2n) is 8.89. The summed E-state index contributed by atoms with van der Waals surface area (Å²) in [5.41, 5.74) is 1.32. The first kappa shape index (κ1) is 22.3. The molecular formula is C23H23F3N6O2. The Morgan fingerprint density at radius 3 is 2.59 bits per heavy atom. The van der Waals surface area contributed by atoms with Gasteiger partial charge in [-0.1, -0.05) is 0 Å². The lowest BCUT2D eigenvalue weighted by Gasteiger charge is -2.35. The lowest BCUT2D eigenvalue weighted by molar-refractivity contribution is -0.137. The van der Waals surface area contributed by atoms with Crippen LogP contribution in [0.1, 0.15) is 40.3 Å². The van der Waals surface area contributed by atoms with Crippen LogP contribution in [0.3, 0.4) is 0 Å². The van der Waals surface area contributed by atoms with Crippen molar-refractivity contribution < 1.29 is 22.7 Å². The Hall–Kier alpha value is -3.50. The van der Waals surface area contributed by atoms with Gasteiger partial charge >= 0.3 is 6.18 Å². The Morgan fingerprint density at radius 1 is 1.09 bits per heavy atom. The van der Waals surface area contributed by atoms with E-state index in [0.717, 1.165) is 25.1 Å². The SMILES string of the molecule is Cc1ccc(-n2ncc(C)n2)c(C(=O)N2CC3CC3C[C@H]2COc2ccc(C(F)(F)F)cn2)n1. The molecule has 34 heavy (non-hydrogen) atoms. The minimum Gasteiger partial charge on any atom is -0.475 e. The zero-order valence-corrected chi connectivity index (χ0v) is 18.7. The van der Waals surface area contributed by atoms with Crippen molar-refractivity contribution in [1.29, 1.82) is 0 Å². The molecule has 5 rings (SSSR count). The summed E-state index contributed by atoms with van der Waals surface area (Å²) in [4.78, 5) is 25.1. The zero-order valence-electron chi connectivity index (χ0n) is 18.7. The minimum atomic E-state index is -4.46. The average Bonchev–Trinajstić information content (AvgIpc) is 3.44. The van der Waals surface area contributed by atoms with Crippen LogP contribution in [0.25, 0.3) is 5.69 Å². The van der Waals surface area contributed by atoms with Gasteiger partial charge in [-0.3, -0.25) is 4.79 Å². The Bertz CT molecular complexity index is 1210. The predicted molar refractivity (Wildman–Crippen MR) is 114 cm³/mol. The topological polar surface area (TPSA) is 86.0 Å². The van der Waals surface area contributed by atoms with Crippen molar-refractivity contribution in [2.75, 3.05) is 13.2 Å². The number of nitrogens with zero attached hydrogens (tertiary/aromatic N) is 6. The van der Waals surface area contributed by atoms with Crippen LogP contribution in [-0.4, -0.2) is 55.0 Å². The van der Waals surface area contributed by atoms with Gasteiger partial charge in [-0.25, -0.2) is 9.97 Å². The van der Waals surface area contributed by atoms with E-state index < -0.39 is 11.7 Å². The smallest absolute Gasteiger partial charge is 0.417 e. The molecule has 1 aliphatic carbocycles. The molecule has 11 heteroatoms. The summed E-state index contributed by atoms with van der Waals surface area (Å²) in [5.74, 6) is 0.818. The zero-order chi connectivity index (χ0) is 24.0. The van der Waals surface area contributed by atoms with Crippen molar-refractivity contribution >= 4 is 5.91 Å². The van der Waals surface area contributed by atoms with E-state index >= 15 is 0 Å².